The van der Waals surface area contributed by atoms with Crippen LogP contribution in [0.5, 0.6) is 0 Å². The van der Waals surface area contributed by atoms with Crippen molar-refractivity contribution in [3.63, 3.8) is 0 Å². The van der Waals surface area contributed by atoms with E-state index in [-0.39, 0.29) is 0 Å². The smallest absolute Gasteiger partial charge is 0.138 e. The highest BCUT2D eigenvalue weighted by Crippen LogP contribution is 2.11. The Hall–Kier alpha value is -2.43. The third-order valence-corrected chi connectivity index (χ3v) is 2.71. The van der Waals surface area contributed by atoms with Crippen LogP contribution in [0.1, 0.15) is 11.5 Å². The van der Waals surface area contributed by atoms with E-state index >= 15 is 0 Å². The van der Waals surface area contributed by atoms with Crippen molar-refractivity contribution in [1.82, 2.24) is 19.4 Å². The fraction of sp³-hybridized carbons (Fsp3) is 0.154. The highest BCUT2D eigenvalue weighted by Gasteiger charge is 2.01. The number of nitrogens with zero attached hydrogens (tertiary/aromatic N) is 4. The molecule has 0 aliphatic rings. The zero-order valence-corrected chi connectivity index (χ0v) is 10.0. The molecule has 3 rings (SSSR count). The second-order valence-corrected chi connectivity index (χ2v) is 4.02. The predicted octanol–water partition coefficient (Wildman–Crippen LogP) is 2.04. The van der Waals surface area contributed by atoms with Crippen LogP contribution in [-0.2, 0) is 6.54 Å². The molecule has 0 fully saturated rings. The number of anilines is 1. The summed E-state index contributed by atoms with van der Waals surface area (Å²) >= 11 is 0. The van der Waals surface area contributed by atoms with Crippen molar-refractivity contribution in [2.75, 3.05) is 5.32 Å². The molecule has 90 valence electrons. The lowest BCUT2D eigenvalue weighted by molar-refractivity contribution is 0.945. The Morgan fingerprint density at radius 3 is 3.00 bits per heavy atom. The van der Waals surface area contributed by atoms with Crippen molar-refractivity contribution in [2.45, 2.75) is 13.5 Å². The molecule has 0 spiro atoms. The second-order valence-electron chi connectivity index (χ2n) is 4.02. The summed E-state index contributed by atoms with van der Waals surface area (Å²) in [5.41, 5.74) is 1.90. The van der Waals surface area contributed by atoms with Crippen LogP contribution >= 0.6 is 0 Å². The molecule has 5 nitrogen and oxygen atoms in total. The van der Waals surface area contributed by atoms with Crippen LogP contribution in [0.25, 0.3) is 5.65 Å². The third-order valence-electron chi connectivity index (χ3n) is 2.71. The van der Waals surface area contributed by atoms with Crippen molar-refractivity contribution in [2.24, 2.45) is 0 Å². The molecule has 0 amide bonds. The number of rotatable bonds is 3. The van der Waals surface area contributed by atoms with Crippen LogP contribution in [0.4, 0.5) is 5.82 Å². The quantitative estimate of drug-likeness (QED) is 0.760. The Morgan fingerprint density at radius 1 is 1.17 bits per heavy atom. The first-order chi connectivity index (χ1) is 8.83. The highest BCUT2D eigenvalue weighted by molar-refractivity contribution is 5.49. The summed E-state index contributed by atoms with van der Waals surface area (Å²) in [6, 6.07) is 7.88. The zero-order chi connectivity index (χ0) is 12.4. The number of fused-ring (bicyclic) bond motifs is 1. The predicted molar refractivity (Wildman–Crippen MR) is 69.3 cm³/mol. The van der Waals surface area contributed by atoms with E-state index in [0.29, 0.717) is 6.54 Å². The fourth-order valence-corrected chi connectivity index (χ4v) is 1.88. The summed E-state index contributed by atoms with van der Waals surface area (Å²) in [5.74, 6) is 1.79. The summed E-state index contributed by atoms with van der Waals surface area (Å²) in [5, 5.41) is 3.35. The molecule has 5 heteroatoms. The number of pyridine rings is 1. The minimum atomic E-state index is 0.667. The summed E-state index contributed by atoms with van der Waals surface area (Å²) in [4.78, 5) is 12.7. The van der Waals surface area contributed by atoms with Gasteiger partial charge in [0.2, 0.25) is 0 Å². The molecule has 0 bridgehead atoms. The van der Waals surface area contributed by atoms with Gasteiger partial charge in [0.05, 0.1) is 12.2 Å². The zero-order valence-electron chi connectivity index (χ0n) is 10.0. The van der Waals surface area contributed by atoms with Crippen molar-refractivity contribution in [3.8, 4) is 0 Å². The molecule has 0 saturated carbocycles. The SMILES string of the molecule is Cc1nccc(CNc2cccc3nccn23)n1. The number of aryl methyl sites for hydroxylation is 1. The highest BCUT2D eigenvalue weighted by atomic mass is 15.1. The Bertz CT molecular complexity index is 674. The van der Waals surface area contributed by atoms with E-state index in [1.54, 1.807) is 12.4 Å². The molecular weight excluding hydrogens is 226 g/mol. The van der Waals surface area contributed by atoms with Gasteiger partial charge in [-0.05, 0) is 25.1 Å². The molecule has 3 aromatic rings. The molecule has 3 heterocycles. The minimum absolute atomic E-state index is 0.667. The molecule has 3 aromatic heterocycles. The van der Waals surface area contributed by atoms with Crippen LogP contribution < -0.4 is 5.32 Å². The van der Waals surface area contributed by atoms with E-state index in [1.165, 1.54) is 0 Å². The average molecular weight is 239 g/mol. The van der Waals surface area contributed by atoms with Crippen LogP contribution in [0.15, 0.2) is 42.9 Å². The van der Waals surface area contributed by atoms with Gasteiger partial charge in [0.15, 0.2) is 0 Å². The number of hydrogen-bond acceptors (Lipinski definition) is 4. The van der Waals surface area contributed by atoms with E-state index in [9.17, 15) is 0 Å². The van der Waals surface area contributed by atoms with Crippen molar-refractivity contribution in [3.05, 3.63) is 54.4 Å². The summed E-state index contributed by atoms with van der Waals surface area (Å²) < 4.78 is 2.01. The van der Waals surface area contributed by atoms with E-state index in [4.69, 9.17) is 0 Å². The van der Waals surface area contributed by atoms with Gasteiger partial charge in [-0.3, -0.25) is 4.40 Å². The summed E-state index contributed by atoms with van der Waals surface area (Å²) in [6.45, 7) is 2.56. The topological polar surface area (TPSA) is 55.1 Å². The van der Waals surface area contributed by atoms with Crippen LogP contribution in [0.2, 0.25) is 0 Å². The number of aromatic nitrogens is 4. The Balaban J connectivity index is 1.83. The van der Waals surface area contributed by atoms with E-state index in [0.717, 1.165) is 23.0 Å². The van der Waals surface area contributed by atoms with Gasteiger partial charge in [0, 0.05) is 18.6 Å². The number of hydrogen-bond donors (Lipinski definition) is 1. The van der Waals surface area contributed by atoms with Gasteiger partial charge in [0.25, 0.3) is 0 Å². The fourth-order valence-electron chi connectivity index (χ4n) is 1.88. The first-order valence-corrected chi connectivity index (χ1v) is 5.77. The van der Waals surface area contributed by atoms with Gasteiger partial charge in [-0.15, -0.1) is 0 Å². The van der Waals surface area contributed by atoms with Crippen molar-refractivity contribution >= 4 is 11.5 Å². The Kier molecular flexibility index (Phi) is 2.64. The molecule has 0 aromatic carbocycles. The van der Waals surface area contributed by atoms with Gasteiger partial charge in [-0.25, -0.2) is 15.0 Å². The van der Waals surface area contributed by atoms with E-state index in [1.807, 2.05) is 41.8 Å². The summed E-state index contributed by atoms with van der Waals surface area (Å²) in [7, 11) is 0. The third kappa shape index (κ3) is 2.02. The minimum Gasteiger partial charge on any atom is -0.365 e. The molecule has 0 aliphatic heterocycles. The molecule has 0 radical (unpaired) electrons. The van der Waals surface area contributed by atoms with Gasteiger partial charge in [-0.2, -0.15) is 0 Å². The maximum atomic E-state index is 4.36. The van der Waals surface area contributed by atoms with Crippen LogP contribution in [-0.4, -0.2) is 19.4 Å². The van der Waals surface area contributed by atoms with E-state index in [2.05, 4.69) is 20.3 Å². The van der Waals surface area contributed by atoms with Gasteiger partial charge in [0.1, 0.15) is 17.3 Å². The number of nitrogens with one attached hydrogen (secondary N) is 1. The monoisotopic (exact) mass is 239 g/mol. The molecule has 0 unspecified atom stereocenters. The van der Waals surface area contributed by atoms with Crippen molar-refractivity contribution < 1.29 is 0 Å². The molecule has 0 atom stereocenters. The standard InChI is InChI=1S/C13H13N5/c1-10-14-6-5-11(17-10)9-16-13-4-2-3-12-15-7-8-18(12)13/h2-8,16H,9H2,1H3. The van der Waals surface area contributed by atoms with Crippen LogP contribution in [0.3, 0.4) is 0 Å². The molecule has 18 heavy (non-hydrogen) atoms. The molecule has 0 aliphatic carbocycles. The maximum Gasteiger partial charge on any atom is 0.138 e. The lowest BCUT2D eigenvalue weighted by Crippen LogP contribution is -2.06. The second kappa shape index (κ2) is 4.44. The number of imidazole rings is 1. The van der Waals surface area contributed by atoms with Crippen molar-refractivity contribution in [1.29, 1.82) is 0 Å². The first-order valence-electron chi connectivity index (χ1n) is 5.77. The first kappa shape index (κ1) is 10.7. The molecule has 0 saturated heterocycles. The maximum absolute atomic E-state index is 4.36. The Labute approximate surface area is 105 Å². The lowest BCUT2D eigenvalue weighted by Gasteiger charge is -2.08. The normalized spacial score (nSPS) is 10.7. The lowest BCUT2D eigenvalue weighted by atomic mass is 10.3. The average Bonchev–Trinajstić information content (AvgIpc) is 2.85. The summed E-state index contributed by atoms with van der Waals surface area (Å²) in [6.07, 6.45) is 5.50. The molecule has 1 N–H and O–H groups in total. The van der Waals surface area contributed by atoms with Gasteiger partial charge in [-0.1, -0.05) is 6.07 Å². The largest absolute Gasteiger partial charge is 0.365 e. The van der Waals surface area contributed by atoms with Gasteiger partial charge >= 0.3 is 0 Å². The van der Waals surface area contributed by atoms with E-state index < -0.39 is 0 Å². The van der Waals surface area contributed by atoms with Gasteiger partial charge < -0.3 is 5.32 Å². The molecular formula is C13H13N5. The Morgan fingerprint density at radius 2 is 2.11 bits per heavy atom. The van der Waals surface area contributed by atoms with Crippen LogP contribution in [0, 0.1) is 6.92 Å².